The molecule has 0 spiro atoms. The van der Waals surface area contributed by atoms with Crippen LogP contribution in [0.3, 0.4) is 0 Å². The lowest BCUT2D eigenvalue weighted by Crippen LogP contribution is -2.30. The lowest BCUT2D eigenvalue weighted by Gasteiger charge is -2.11. The van der Waals surface area contributed by atoms with E-state index in [1.807, 2.05) is 0 Å². The van der Waals surface area contributed by atoms with Crippen LogP contribution in [0.15, 0.2) is 0 Å². The predicted molar refractivity (Wildman–Crippen MR) is 37.8 cm³/mol. The quantitative estimate of drug-likeness (QED) is 0.416. The van der Waals surface area contributed by atoms with Crippen molar-refractivity contribution in [1.82, 2.24) is 5.32 Å². The first-order chi connectivity index (χ1) is 5.07. The van der Waals surface area contributed by atoms with Crippen molar-refractivity contribution >= 4 is 5.97 Å². The zero-order valence-electron chi connectivity index (χ0n) is 5.87. The van der Waals surface area contributed by atoms with Gasteiger partial charge in [-0.25, -0.2) is 0 Å². The summed E-state index contributed by atoms with van der Waals surface area (Å²) in [5, 5.41) is 20.5. The Kier molecular flexibility index (Phi) is 1.85. The normalized spacial score (nSPS) is 36.5. The smallest absolute Gasteiger partial charge is 0.320 e. The van der Waals surface area contributed by atoms with E-state index in [4.69, 9.17) is 11.5 Å². The Balaban J connectivity index is 2.62. The molecular weight excluding hydrogens is 146 g/mol. The van der Waals surface area contributed by atoms with Crippen LogP contribution in [0.4, 0.5) is 0 Å². The van der Waals surface area contributed by atoms with Gasteiger partial charge in [0.05, 0.1) is 0 Å². The molecule has 0 aromatic rings. The minimum Gasteiger partial charge on any atom is -0.480 e. The van der Waals surface area contributed by atoms with Crippen LogP contribution in [0.1, 0.15) is 6.42 Å². The third-order valence-electron chi connectivity index (χ3n) is 1.75. The van der Waals surface area contributed by atoms with Gasteiger partial charge in [-0.3, -0.25) is 4.79 Å². The van der Waals surface area contributed by atoms with E-state index in [2.05, 4.69) is 11.2 Å². The highest BCUT2D eigenvalue weighted by atomic mass is 16.4. The zero-order chi connectivity index (χ0) is 8.48. The molecule has 1 heterocycles. The molecule has 0 aromatic carbocycles. The third-order valence-corrected chi connectivity index (χ3v) is 1.75. The van der Waals surface area contributed by atoms with Gasteiger partial charge < -0.3 is 15.5 Å². The maximum Gasteiger partial charge on any atom is 0.320 e. The maximum absolute atomic E-state index is 10.4. The molecule has 1 unspecified atom stereocenters. The standard InChI is InChI=1S/C7H9NO3/c1-2-7(11)3-5(6(9)10)8-4-7/h1,5,8,11H,3-4H2,(H,9,10)/t5-,7?/m0/s1. The molecule has 0 amide bonds. The summed E-state index contributed by atoms with van der Waals surface area (Å²) in [6, 6.07) is -0.712. The molecule has 1 saturated heterocycles. The molecule has 3 N–H and O–H groups in total. The van der Waals surface area contributed by atoms with E-state index in [1.165, 1.54) is 0 Å². The lowest BCUT2D eigenvalue weighted by molar-refractivity contribution is -0.139. The summed E-state index contributed by atoms with van der Waals surface area (Å²) < 4.78 is 0. The predicted octanol–water partition coefficient (Wildman–Crippen LogP) is -1.20. The Morgan fingerprint density at radius 1 is 1.82 bits per heavy atom. The zero-order valence-corrected chi connectivity index (χ0v) is 5.87. The number of nitrogens with one attached hydrogen (secondary N) is 1. The van der Waals surface area contributed by atoms with Crippen LogP contribution in [0.5, 0.6) is 0 Å². The average molecular weight is 155 g/mol. The van der Waals surface area contributed by atoms with Gasteiger partial charge in [-0.05, 0) is 0 Å². The highest BCUT2D eigenvalue weighted by molar-refractivity contribution is 5.74. The Bertz CT molecular complexity index is 220. The van der Waals surface area contributed by atoms with Crippen LogP contribution in [0.2, 0.25) is 0 Å². The minimum absolute atomic E-state index is 0.0822. The fraction of sp³-hybridized carbons (Fsp3) is 0.571. The van der Waals surface area contributed by atoms with Crippen LogP contribution < -0.4 is 5.32 Å². The highest BCUT2D eigenvalue weighted by Gasteiger charge is 2.38. The molecule has 0 aromatic heterocycles. The van der Waals surface area contributed by atoms with Gasteiger partial charge in [0, 0.05) is 13.0 Å². The first kappa shape index (κ1) is 8.05. The van der Waals surface area contributed by atoms with Crippen molar-refractivity contribution in [3.05, 3.63) is 0 Å². The van der Waals surface area contributed by atoms with E-state index in [0.29, 0.717) is 0 Å². The number of carboxylic acids is 1. The molecule has 4 heteroatoms. The Morgan fingerprint density at radius 2 is 2.45 bits per heavy atom. The van der Waals surface area contributed by atoms with Crippen LogP contribution in [-0.2, 0) is 4.79 Å². The Hall–Kier alpha value is -1.05. The van der Waals surface area contributed by atoms with E-state index >= 15 is 0 Å². The molecule has 1 fully saturated rings. The van der Waals surface area contributed by atoms with Crippen molar-refractivity contribution in [3.8, 4) is 12.3 Å². The van der Waals surface area contributed by atoms with Gasteiger partial charge in [-0.2, -0.15) is 0 Å². The van der Waals surface area contributed by atoms with Gasteiger partial charge in [-0.15, -0.1) is 6.42 Å². The monoisotopic (exact) mass is 155 g/mol. The van der Waals surface area contributed by atoms with Gasteiger partial charge >= 0.3 is 5.97 Å². The topological polar surface area (TPSA) is 69.6 Å². The Labute approximate surface area is 64.2 Å². The second-order valence-corrected chi connectivity index (χ2v) is 2.65. The molecule has 60 valence electrons. The van der Waals surface area contributed by atoms with E-state index in [1.54, 1.807) is 0 Å². The van der Waals surface area contributed by atoms with Crippen LogP contribution >= 0.6 is 0 Å². The highest BCUT2D eigenvalue weighted by Crippen LogP contribution is 2.17. The number of aliphatic carboxylic acids is 1. The van der Waals surface area contributed by atoms with E-state index in [-0.39, 0.29) is 13.0 Å². The molecule has 1 aliphatic heterocycles. The summed E-state index contributed by atoms with van der Waals surface area (Å²) in [4.78, 5) is 10.4. The van der Waals surface area contributed by atoms with Crippen molar-refractivity contribution in [2.24, 2.45) is 0 Å². The fourth-order valence-electron chi connectivity index (χ4n) is 1.06. The minimum atomic E-state index is -1.27. The van der Waals surface area contributed by atoms with Gasteiger partial charge in [0.25, 0.3) is 0 Å². The van der Waals surface area contributed by atoms with Crippen LogP contribution in [0.25, 0.3) is 0 Å². The first-order valence-electron chi connectivity index (χ1n) is 3.24. The summed E-state index contributed by atoms with van der Waals surface area (Å²) in [5.74, 6) is 1.18. The van der Waals surface area contributed by atoms with Crippen LogP contribution in [-0.4, -0.2) is 34.4 Å². The van der Waals surface area contributed by atoms with Crippen molar-refractivity contribution in [3.63, 3.8) is 0 Å². The Morgan fingerprint density at radius 3 is 2.73 bits per heavy atom. The number of aliphatic hydroxyl groups is 1. The fourth-order valence-corrected chi connectivity index (χ4v) is 1.06. The van der Waals surface area contributed by atoms with Crippen molar-refractivity contribution < 1.29 is 15.0 Å². The maximum atomic E-state index is 10.4. The number of carboxylic acid groups (broad SMARTS) is 1. The number of hydrogen-bond acceptors (Lipinski definition) is 3. The van der Waals surface area contributed by atoms with Crippen molar-refractivity contribution in [1.29, 1.82) is 0 Å². The molecule has 2 atom stereocenters. The molecule has 0 radical (unpaired) electrons. The summed E-state index contributed by atoms with van der Waals surface area (Å²) >= 11 is 0. The molecule has 0 aliphatic carbocycles. The van der Waals surface area contributed by atoms with Gasteiger partial charge in [0.15, 0.2) is 0 Å². The number of β-amino-alcohol motifs (C(OH)–C–C–N with tert-alkyl or cyclic N) is 1. The summed E-state index contributed by atoms with van der Waals surface area (Å²) in [7, 11) is 0. The summed E-state index contributed by atoms with van der Waals surface area (Å²) in [6.45, 7) is 0.153. The average Bonchev–Trinajstić information content (AvgIpc) is 2.33. The van der Waals surface area contributed by atoms with Gasteiger partial charge in [0.1, 0.15) is 11.6 Å². The molecule has 0 bridgehead atoms. The molecule has 11 heavy (non-hydrogen) atoms. The van der Waals surface area contributed by atoms with Crippen molar-refractivity contribution in [2.45, 2.75) is 18.1 Å². The second-order valence-electron chi connectivity index (χ2n) is 2.65. The SMILES string of the molecule is C#CC1(O)CN[C@H](C(=O)O)C1. The van der Waals surface area contributed by atoms with E-state index in [0.717, 1.165) is 0 Å². The van der Waals surface area contributed by atoms with E-state index < -0.39 is 17.6 Å². The van der Waals surface area contributed by atoms with E-state index in [9.17, 15) is 9.90 Å². The number of carbonyl (C=O) groups is 1. The molecule has 1 aliphatic rings. The summed E-state index contributed by atoms with van der Waals surface area (Å²) in [5.41, 5.74) is -1.27. The van der Waals surface area contributed by atoms with Gasteiger partial charge in [-0.1, -0.05) is 5.92 Å². The molecular formula is C7H9NO3. The van der Waals surface area contributed by atoms with Gasteiger partial charge in [0.2, 0.25) is 0 Å². The largest absolute Gasteiger partial charge is 0.480 e. The number of rotatable bonds is 1. The number of hydrogen-bond donors (Lipinski definition) is 3. The molecule has 4 nitrogen and oxygen atoms in total. The molecule has 1 rings (SSSR count). The third kappa shape index (κ3) is 1.50. The summed E-state index contributed by atoms with van der Waals surface area (Å²) in [6.07, 6.45) is 5.08. The van der Waals surface area contributed by atoms with Crippen LogP contribution in [0, 0.1) is 12.3 Å². The number of terminal acetylenes is 1. The molecule has 0 saturated carbocycles. The second kappa shape index (κ2) is 2.53. The lowest BCUT2D eigenvalue weighted by atomic mass is 10.0. The van der Waals surface area contributed by atoms with Crippen molar-refractivity contribution in [2.75, 3.05) is 6.54 Å². The first-order valence-corrected chi connectivity index (χ1v) is 3.24.